The second-order valence-electron chi connectivity index (χ2n) is 8.69. The summed E-state index contributed by atoms with van der Waals surface area (Å²) in [5, 5.41) is 0. The van der Waals surface area contributed by atoms with E-state index in [1.54, 1.807) is 0 Å². The summed E-state index contributed by atoms with van der Waals surface area (Å²) in [5.74, 6) is 9.35. The van der Waals surface area contributed by atoms with Crippen LogP contribution in [0.2, 0.25) is 0 Å². The van der Waals surface area contributed by atoms with Gasteiger partial charge in [0.1, 0.15) is 0 Å². The third kappa shape index (κ3) is 9.48. The molecule has 2 fully saturated rings. The van der Waals surface area contributed by atoms with E-state index in [0.717, 1.165) is 59.2 Å². The molecule has 0 amide bonds. The van der Waals surface area contributed by atoms with Gasteiger partial charge in [0.25, 0.3) is 0 Å². The molecule has 0 N–H and O–H groups in total. The first kappa shape index (κ1) is 30.6. The third-order valence-electron chi connectivity index (χ3n) is 8.29. The predicted octanol–water partition coefficient (Wildman–Crippen LogP) is 9.11. The molecule has 2 rings (SSSR count). The number of rotatable bonds is 0. The van der Waals surface area contributed by atoms with Crippen LogP contribution in [0.1, 0.15) is 69.2 Å². The number of halogens is 4. The maximum absolute atomic E-state index is 4.83. The summed E-state index contributed by atoms with van der Waals surface area (Å²) < 4.78 is 0. The molecular formula is C20H40Cl4Rh2. The predicted molar refractivity (Wildman–Crippen MR) is 115 cm³/mol. The topological polar surface area (TPSA) is 0 Å². The maximum atomic E-state index is 4.83. The molecule has 0 unspecified atom stereocenters. The molecule has 0 atom stereocenters. The van der Waals surface area contributed by atoms with Gasteiger partial charge < -0.3 is 0 Å². The van der Waals surface area contributed by atoms with Gasteiger partial charge in [-0.15, -0.1) is 0 Å². The van der Waals surface area contributed by atoms with Crippen LogP contribution in [0.3, 0.4) is 0 Å². The molecule has 2 aliphatic rings. The second kappa shape index (κ2) is 16.1. The molecule has 0 spiro atoms. The first-order valence-corrected chi connectivity index (χ1v) is 18.1. The van der Waals surface area contributed by atoms with Gasteiger partial charge >= 0.3 is 69.1 Å². The van der Waals surface area contributed by atoms with Crippen LogP contribution in [0, 0.1) is 59.2 Å². The van der Waals surface area contributed by atoms with Crippen molar-refractivity contribution in [2.75, 3.05) is 0 Å². The fourth-order valence-corrected chi connectivity index (χ4v) is 4.79. The average Bonchev–Trinajstić information content (AvgIpc) is 2.87. The molecule has 0 heterocycles. The van der Waals surface area contributed by atoms with Gasteiger partial charge in [0.2, 0.25) is 0 Å². The van der Waals surface area contributed by atoms with E-state index in [0.29, 0.717) is 0 Å². The van der Waals surface area contributed by atoms with E-state index in [9.17, 15) is 0 Å². The summed E-state index contributed by atoms with van der Waals surface area (Å²) in [6.45, 7) is 24.0. The molecule has 0 nitrogen and oxygen atoms in total. The van der Waals surface area contributed by atoms with Gasteiger partial charge in [-0.2, -0.15) is 0 Å². The van der Waals surface area contributed by atoms with E-state index < -0.39 is 0 Å². The van der Waals surface area contributed by atoms with Crippen molar-refractivity contribution in [3.05, 3.63) is 0 Å². The van der Waals surface area contributed by atoms with Crippen molar-refractivity contribution >= 4 is 38.8 Å². The minimum atomic E-state index is -0.226. The molecule has 0 bridgehead atoms. The van der Waals surface area contributed by atoms with Crippen molar-refractivity contribution in [3.8, 4) is 0 Å². The van der Waals surface area contributed by atoms with Crippen molar-refractivity contribution in [2.45, 2.75) is 69.2 Å². The van der Waals surface area contributed by atoms with E-state index in [1.807, 2.05) is 0 Å². The molecule has 0 radical (unpaired) electrons. The molecule has 166 valence electrons. The molecule has 0 aromatic carbocycles. The average molecular weight is 628 g/mol. The molecule has 0 aromatic heterocycles. The van der Waals surface area contributed by atoms with Crippen LogP contribution in [0.15, 0.2) is 0 Å². The summed E-state index contributed by atoms with van der Waals surface area (Å²) >= 11 is -0.451. The Kier molecular flexibility index (Phi) is 19.0. The molecule has 2 saturated carbocycles. The quantitative estimate of drug-likeness (QED) is 0.235. The van der Waals surface area contributed by atoms with Crippen molar-refractivity contribution in [3.63, 3.8) is 0 Å². The van der Waals surface area contributed by atoms with Gasteiger partial charge in [0.15, 0.2) is 0 Å². The fourth-order valence-electron chi connectivity index (χ4n) is 4.79. The molecule has 26 heavy (non-hydrogen) atoms. The van der Waals surface area contributed by atoms with E-state index in [4.69, 9.17) is 38.8 Å². The minimum absolute atomic E-state index is 0.226. The Bertz CT molecular complexity index is 224. The second-order valence-corrected chi connectivity index (χ2v) is 13.7. The van der Waals surface area contributed by atoms with Crippen molar-refractivity contribution in [1.82, 2.24) is 0 Å². The van der Waals surface area contributed by atoms with E-state index >= 15 is 0 Å². The molecule has 0 aromatic rings. The Labute approximate surface area is 196 Å². The van der Waals surface area contributed by atoms with Crippen LogP contribution in [-0.2, 0) is 30.3 Å². The third-order valence-corrected chi connectivity index (χ3v) is 8.29. The molecular weight excluding hydrogens is 588 g/mol. The SMILES string of the molecule is CC1C(C)C(C)C(C)C1C.CC1C(C)C(C)C(C)C1C.[Cl][Rh][Cl].[Cl][Rh][Cl]. The van der Waals surface area contributed by atoms with Crippen molar-refractivity contribution in [2.24, 2.45) is 59.2 Å². The zero-order valence-corrected chi connectivity index (χ0v) is 24.3. The zero-order valence-electron chi connectivity index (χ0n) is 18.0. The zero-order chi connectivity index (χ0) is 21.2. The first-order valence-electron chi connectivity index (χ1n) is 9.61. The molecule has 0 saturated heterocycles. The molecule has 0 aliphatic heterocycles. The van der Waals surface area contributed by atoms with Gasteiger partial charge in [0.05, 0.1) is 0 Å². The molecule has 2 aliphatic carbocycles. The normalized spacial score (nSPS) is 44.4. The van der Waals surface area contributed by atoms with Gasteiger partial charge in [-0.05, 0) is 59.2 Å². The van der Waals surface area contributed by atoms with Gasteiger partial charge in [-0.25, -0.2) is 0 Å². The van der Waals surface area contributed by atoms with Gasteiger partial charge in [-0.1, -0.05) is 69.2 Å². The van der Waals surface area contributed by atoms with Gasteiger partial charge in [0, 0.05) is 0 Å². The number of hydrogen-bond donors (Lipinski definition) is 0. The summed E-state index contributed by atoms with van der Waals surface area (Å²) in [7, 11) is 19.3. The Balaban J connectivity index is 0. The van der Waals surface area contributed by atoms with Crippen LogP contribution in [0.4, 0.5) is 0 Å². The Morgan fingerprint density at radius 3 is 0.385 bits per heavy atom. The standard InChI is InChI=1S/2C10H20.4ClH.2Rh/c2*1-6-7(2)9(4)10(5)8(6)3;;;;;;/h2*6-10H,1-5H3;4*1H;;/q;;;;;;2*+2/p-4. The summed E-state index contributed by atoms with van der Waals surface area (Å²) in [6.07, 6.45) is 0. The monoisotopic (exact) mass is 626 g/mol. The van der Waals surface area contributed by atoms with Crippen LogP contribution in [0.5, 0.6) is 0 Å². The Morgan fingerprint density at radius 1 is 0.308 bits per heavy atom. The fraction of sp³-hybridized carbons (Fsp3) is 1.00. The summed E-state index contributed by atoms with van der Waals surface area (Å²) in [5.41, 5.74) is 0. The summed E-state index contributed by atoms with van der Waals surface area (Å²) in [4.78, 5) is 0. The van der Waals surface area contributed by atoms with E-state index in [-0.39, 0.29) is 30.3 Å². The van der Waals surface area contributed by atoms with Gasteiger partial charge in [-0.3, -0.25) is 0 Å². The van der Waals surface area contributed by atoms with E-state index in [1.165, 1.54) is 0 Å². The van der Waals surface area contributed by atoms with Crippen LogP contribution < -0.4 is 0 Å². The van der Waals surface area contributed by atoms with Crippen LogP contribution in [-0.4, -0.2) is 0 Å². The van der Waals surface area contributed by atoms with Crippen molar-refractivity contribution in [1.29, 1.82) is 0 Å². The van der Waals surface area contributed by atoms with Crippen LogP contribution in [0.25, 0.3) is 0 Å². The van der Waals surface area contributed by atoms with Crippen LogP contribution >= 0.6 is 38.8 Å². The Hall–Kier alpha value is 2.41. The van der Waals surface area contributed by atoms with Crippen molar-refractivity contribution < 1.29 is 30.3 Å². The van der Waals surface area contributed by atoms with E-state index in [2.05, 4.69) is 69.2 Å². The Morgan fingerprint density at radius 2 is 0.346 bits per heavy atom. The molecule has 6 heteroatoms. The first-order chi connectivity index (χ1) is 11.9. The number of hydrogen-bond acceptors (Lipinski definition) is 0. The summed E-state index contributed by atoms with van der Waals surface area (Å²) in [6, 6.07) is 0.